The van der Waals surface area contributed by atoms with Crippen molar-refractivity contribution < 1.29 is 14.6 Å². The van der Waals surface area contributed by atoms with Crippen LogP contribution in [0.5, 0.6) is 11.5 Å². The fraction of sp³-hybridized carbons (Fsp3) is 0.500. The van der Waals surface area contributed by atoms with Gasteiger partial charge in [0.25, 0.3) is 0 Å². The van der Waals surface area contributed by atoms with Crippen molar-refractivity contribution in [1.82, 2.24) is 4.90 Å². The summed E-state index contributed by atoms with van der Waals surface area (Å²) in [5.41, 5.74) is 1.05. The Morgan fingerprint density at radius 2 is 2.12 bits per heavy atom. The van der Waals surface area contributed by atoms with E-state index in [4.69, 9.17) is 26.2 Å². The maximum atomic E-state index is 8.85. The number of likely N-dealkylation sites (N-methyl/N-ethyl adjacent to an activating group) is 1. The van der Waals surface area contributed by atoms with Crippen LogP contribution in [0.25, 0.3) is 0 Å². The molecule has 1 aliphatic heterocycles. The molecule has 0 bridgehead atoms. The summed E-state index contributed by atoms with van der Waals surface area (Å²) in [5, 5.41) is 9.43. The fourth-order valence-electron chi connectivity index (χ4n) is 1.82. The van der Waals surface area contributed by atoms with Gasteiger partial charge in [-0.1, -0.05) is 11.6 Å². The van der Waals surface area contributed by atoms with Gasteiger partial charge in [0.15, 0.2) is 11.5 Å². The topological polar surface area (TPSA) is 41.9 Å². The zero-order valence-corrected chi connectivity index (χ0v) is 10.5. The quantitative estimate of drug-likeness (QED) is 0.888. The molecule has 17 heavy (non-hydrogen) atoms. The Balaban J connectivity index is 2.16. The molecule has 2 rings (SSSR count). The van der Waals surface area contributed by atoms with Crippen LogP contribution in [0.1, 0.15) is 5.56 Å². The van der Waals surface area contributed by atoms with Crippen molar-refractivity contribution in [3.05, 3.63) is 22.7 Å². The molecule has 0 unspecified atom stereocenters. The van der Waals surface area contributed by atoms with Gasteiger partial charge in [-0.3, -0.25) is 4.90 Å². The minimum absolute atomic E-state index is 0.148. The van der Waals surface area contributed by atoms with Crippen LogP contribution in [0.3, 0.4) is 0 Å². The Bertz CT molecular complexity index is 398. The molecule has 0 aromatic heterocycles. The Morgan fingerprint density at radius 3 is 2.88 bits per heavy atom. The van der Waals surface area contributed by atoms with Crippen molar-refractivity contribution in [2.24, 2.45) is 0 Å². The number of rotatable bonds is 4. The van der Waals surface area contributed by atoms with E-state index in [1.54, 1.807) is 0 Å². The van der Waals surface area contributed by atoms with Crippen molar-refractivity contribution in [2.75, 3.05) is 33.4 Å². The summed E-state index contributed by atoms with van der Waals surface area (Å²) in [5.74, 6) is 1.34. The summed E-state index contributed by atoms with van der Waals surface area (Å²) >= 11 is 6.13. The van der Waals surface area contributed by atoms with E-state index in [1.807, 2.05) is 24.1 Å². The van der Waals surface area contributed by atoms with E-state index in [0.29, 0.717) is 36.3 Å². The zero-order valence-electron chi connectivity index (χ0n) is 9.78. The Labute approximate surface area is 106 Å². The van der Waals surface area contributed by atoms with Gasteiger partial charge in [-0.15, -0.1) is 0 Å². The molecule has 0 amide bonds. The summed E-state index contributed by atoms with van der Waals surface area (Å²) in [6, 6.07) is 3.82. The van der Waals surface area contributed by atoms with Gasteiger partial charge in [0.1, 0.15) is 13.2 Å². The maximum Gasteiger partial charge on any atom is 0.179 e. The highest BCUT2D eigenvalue weighted by Gasteiger charge is 2.16. The third-order valence-electron chi connectivity index (χ3n) is 2.59. The first-order valence-electron chi connectivity index (χ1n) is 5.58. The lowest BCUT2D eigenvalue weighted by Gasteiger charge is -2.21. The molecule has 0 aliphatic carbocycles. The van der Waals surface area contributed by atoms with Crippen molar-refractivity contribution in [3.63, 3.8) is 0 Å². The molecular formula is C12H16ClNO3. The molecule has 0 fully saturated rings. The van der Waals surface area contributed by atoms with E-state index in [-0.39, 0.29) is 6.61 Å². The second-order valence-electron chi connectivity index (χ2n) is 4.06. The van der Waals surface area contributed by atoms with Crippen LogP contribution in [-0.4, -0.2) is 43.4 Å². The zero-order chi connectivity index (χ0) is 12.3. The number of halogens is 1. The lowest BCUT2D eigenvalue weighted by Crippen LogP contribution is -2.22. The number of hydrogen-bond acceptors (Lipinski definition) is 4. The standard InChI is InChI=1S/C12H16ClNO3/c1-14(2-3-15)8-9-6-10(13)12-11(7-9)16-4-5-17-12/h6-7,15H,2-5,8H2,1H3. The normalized spacial score (nSPS) is 14.1. The summed E-state index contributed by atoms with van der Waals surface area (Å²) < 4.78 is 11.0. The average molecular weight is 258 g/mol. The molecule has 1 N–H and O–H groups in total. The molecule has 1 heterocycles. The Morgan fingerprint density at radius 1 is 1.35 bits per heavy atom. The summed E-state index contributed by atoms with van der Waals surface area (Å²) in [4.78, 5) is 2.02. The predicted molar refractivity (Wildman–Crippen MR) is 65.9 cm³/mol. The number of ether oxygens (including phenoxy) is 2. The Kier molecular flexibility index (Phi) is 4.10. The van der Waals surface area contributed by atoms with Crippen molar-refractivity contribution in [3.8, 4) is 11.5 Å². The average Bonchev–Trinajstić information content (AvgIpc) is 2.29. The smallest absolute Gasteiger partial charge is 0.179 e. The van der Waals surface area contributed by atoms with E-state index in [9.17, 15) is 0 Å². The third-order valence-corrected chi connectivity index (χ3v) is 2.87. The largest absolute Gasteiger partial charge is 0.486 e. The van der Waals surface area contributed by atoms with Crippen LogP contribution < -0.4 is 9.47 Å². The number of aliphatic hydroxyl groups excluding tert-OH is 1. The monoisotopic (exact) mass is 257 g/mol. The fourth-order valence-corrected chi connectivity index (χ4v) is 2.10. The van der Waals surface area contributed by atoms with Crippen LogP contribution in [0.15, 0.2) is 12.1 Å². The van der Waals surface area contributed by atoms with Gasteiger partial charge in [0.05, 0.1) is 11.6 Å². The third kappa shape index (κ3) is 3.03. The van der Waals surface area contributed by atoms with Crippen LogP contribution in [0, 0.1) is 0 Å². The Hall–Kier alpha value is -0.970. The lowest BCUT2D eigenvalue weighted by atomic mass is 10.2. The second kappa shape index (κ2) is 5.58. The highest BCUT2D eigenvalue weighted by Crippen LogP contribution is 2.38. The molecular weight excluding hydrogens is 242 g/mol. The van der Waals surface area contributed by atoms with Gasteiger partial charge < -0.3 is 14.6 Å². The number of benzene rings is 1. The van der Waals surface area contributed by atoms with Crippen LogP contribution in [0.2, 0.25) is 5.02 Å². The van der Waals surface area contributed by atoms with E-state index in [1.165, 1.54) is 0 Å². The van der Waals surface area contributed by atoms with Gasteiger partial charge in [0, 0.05) is 13.1 Å². The molecule has 1 aromatic carbocycles. The van der Waals surface area contributed by atoms with Crippen LogP contribution in [-0.2, 0) is 6.54 Å². The molecule has 0 spiro atoms. The molecule has 0 saturated heterocycles. The van der Waals surface area contributed by atoms with Gasteiger partial charge >= 0.3 is 0 Å². The second-order valence-corrected chi connectivity index (χ2v) is 4.47. The van der Waals surface area contributed by atoms with Gasteiger partial charge in [-0.25, -0.2) is 0 Å². The summed E-state index contributed by atoms with van der Waals surface area (Å²) in [6.07, 6.45) is 0. The highest BCUT2D eigenvalue weighted by molar-refractivity contribution is 6.32. The number of nitrogens with zero attached hydrogens (tertiary/aromatic N) is 1. The van der Waals surface area contributed by atoms with Gasteiger partial charge in [0.2, 0.25) is 0 Å². The molecule has 0 atom stereocenters. The SMILES string of the molecule is CN(CCO)Cc1cc(Cl)c2c(c1)OCCO2. The minimum Gasteiger partial charge on any atom is -0.486 e. The summed E-state index contributed by atoms with van der Waals surface area (Å²) in [6.45, 7) is 2.59. The molecule has 94 valence electrons. The number of aliphatic hydroxyl groups is 1. The first-order valence-corrected chi connectivity index (χ1v) is 5.96. The lowest BCUT2D eigenvalue weighted by molar-refractivity contribution is 0.171. The van der Waals surface area contributed by atoms with Crippen molar-refractivity contribution in [2.45, 2.75) is 6.54 Å². The van der Waals surface area contributed by atoms with Crippen molar-refractivity contribution in [1.29, 1.82) is 0 Å². The molecule has 4 nitrogen and oxygen atoms in total. The van der Waals surface area contributed by atoms with Gasteiger partial charge in [-0.05, 0) is 24.7 Å². The van der Waals surface area contributed by atoms with E-state index >= 15 is 0 Å². The van der Waals surface area contributed by atoms with Crippen molar-refractivity contribution >= 4 is 11.6 Å². The first kappa shape index (κ1) is 12.5. The molecule has 1 aliphatic rings. The molecule has 0 saturated carbocycles. The van der Waals surface area contributed by atoms with E-state index in [2.05, 4.69) is 0 Å². The maximum absolute atomic E-state index is 8.85. The number of hydrogen-bond donors (Lipinski definition) is 1. The van der Waals surface area contributed by atoms with Crippen LogP contribution >= 0.6 is 11.6 Å². The molecule has 5 heteroatoms. The minimum atomic E-state index is 0.148. The molecule has 0 radical (unpaired) electrons. The van der Waals surface area contributed by atoms with E-state index in [0.717, 1.165) is 12.1 Å². The summed E-state index contributed by atoms with van der Waals surface area (Å²) in [7, 11) is 1.95. The molecule has 1 aromatic rings. The first-order chi connectivity index (χ1) is 8.20. The highest BCUT2D eigenvalue weighted by atomic mass is 35.5. The predicted octanol–water partition coefficient (Wildman–Crippen LogP) is 1.54. The van der Waals surface area contributed by atoms with E-state index < -0.39 is 0 Å². The number of fused-ring (bicyclic) bond motifs is 1. The van der Waals surface area contributed by atoms with Crippen LogP contribution in [0.4, 0.5) is 0 Å². The van der Waals surface area contributed by atoms with Gasteiger partial charge in [-0.2, -0.15) is 0 Å².